The fraction of sp³-hybridized carbons (Fsp3) is 0.0526. The molecular weight excluding hydrogens is 351 g/mol. The molecule has 0 bridgehead atoms. The van der Waals surface area contributed by atoms with Crippen LogP contribution in [0.2, 0.25) is 0 Å². The van der Waals surface area contributed by atoms with Crippen molar-refractivity contribution in [2.24, 2.45) is 0 Å². The number of benzene rings is 2. The van der Waals surface area contributed by atoms with Crippen LogP contribution in [0.5, 0.6) is 0 Å². The maximum atomic E-state index is 13.5. The smallest absolute Gasteiger partial charge is 0.276 e. The van der Waals surface area contributed by atoms with Gasteiger partial charge < -0.3 is 5.32 Å². The summed E-state index contributed by atoms with van der Waals surface area (Å²) in [5, 5.41) is 3.32. The zero-order chi connectivity index (χ0) is 18.1. The molecule has 1 amide bonds. The Labute approximate surface area is 152 Å². The van der Waals surface area contributed by atoms with Gasteiger partial charge in [0.15, 0.2) is 5.69 Å². The van der Waals surface area contributed by atoms with E-state index < -0.39 is 11.7 Å². The van der Waals surface area contributed by atoms with Gasteiger partial charge in [-0.1, -0.05) is 18.2 Å². The Bertz CT molecular complexity index is 1090. The Kier molecular flexibility index (Phi) is 4.14. The second-order valence-electron chi connectivity index (χ2n) is 5.65. The summed E-state index contributed by atoms with van der Waals surface area (Å²) in [6, 6.07) is 11.9. The van der Waals surface area contributed by atoms with Crippen molar-refractivity contribution in [2.75, 3.05) is 5.32 Å². The molecule has 0 unspecified atom stereocenters. The van der Waals surface area contributed by atoms with E-state index in [0.717, 1.165) is 15.8 Å². The van der Waals surface area contributed by atoms with Gasteiger partial charge in [0.05, 0.1) is 10.2 Å². The van der Waals surface area contributed by atoms with Crippen LogP contribution in [0.4, 0.5) is 10.1 Å². The molecule has 0 spiro atoms. The van der Waals surface area contributed by atoms with Crippen LogP contribution in [-0.2, 0) is 0 Å². The molecule has 26 heavy (non-hydrogen) atoms. The molecule has 5 nitrogen and oxygen atoms in total. The molecule has 0 atom stereocenters. The van der Waals surface area contributed by atoms with Gasteiger partial charge in [0.2, 0.25) is 0 Å². The average molecular weight is 364 g/mol. The summed E-state index contributed by atoms with van der Waals surface area (Å²) >= 11 is 1.44. The zero-order valence-electron chi connectivity index (χ0n) is 13.7. The molecule has 7 heteroatoms. The molecule has 4 aromatic rings. The molecule has 2 aromatic carbocycles. The zero-order valence-corrected chi connectivity index (χ0v) is 14.5. The fourth-order valence-corrected chi connectivity index (χ4v) is 3.51. The summed E-state index contributed by atoms with van der Waals surface area (Å²) in [5.41, 5.74) is 2.54. The third-order valence-electron chi connectivity index (χ3n) is 3.86. The molecule has 1 N–H and O–H groups in total. The van der Waals surface area contributed by atoms with Gasteiger partial charge in [-0.05, 0) is 36.8 Å². The average Bonchev–Trinajstić information content (AvgIpc) is 3.09. The summed E-state index contributed by atoms with van der Waals surface area (Å²) < 4.78 is 14.5. The molecule has 0 saturated carbocycles. The molecule has 2 heterocycles. The lowest BCUT2D eigenvalue weighted by atomic mass is 10.2. The summed E-state index contributed by atoms with van der Waals surface area (Å²) in [6.07, 6.45) is 2.97. The van der Waals surface area contributed by atoms with Gasteiger partial charge in [-0.2, -0.15) is 0 Å². The molecule has 128 valence electrons. The number of nitrogens with one attached hydrogen (secondary N) is 1. The Morgan fingerprint density at radius 1 is 1.12 bits per heavy atom. The normalized spacial score (nSPS) is 10.8. The first-order valence-corrected chi connectivity index (χ1v) is 8.68. The number of amides is 1. The Balaban J connectivity index is 1.73. The third kappa shape index (κ3) is 3.04. The van der Waals surface area contributed by atoms with Crippen LogP contribution in [0.3, 0.4) is 0 Å². The van der Waals surface area contributed by atoms with E-state index >= 15 is 0 Å². The number of carbonyl (C=O) groups is 1. The minimum Gasteiger partial charge on any atom is -0.320 e. The van der Waals surface area contributed by atoms with E-state index in [1.807, 2.05) is 24.3 Å². The van der Waals surface area contributed by atoms with E-state index in [1.165, 1.54) is 35.9 Å². The number of anilines is 1. The van der Waals surface area contributed by atoms with Gasteiger partial charge in [-0.15, -0.1) is 11.3 Å². The molecule has 0 aliphatic rings. The van der Waals surface area contributed by atoms with Gasteiger partial charge in [0.1, 0.15) is 16.5 Å². The molecule has 0 aliphatic carbocycles. The summed E-state index contributed by atoms with van der Waals surface area (Å²) in [4.78, 5) is 25.7. The highest BCUT2D eigenvalue weighted by Gasteiger charge is 2.19. The molecule has 0 saturated heterocycles. The van der Waals surface area contributed by atoms with Crippen molar-refractivity contribution in [3.63, 3.8) is 0 Å². The van der Waals surface area contributed by atoms with E-state index in [1.54, 1.807) is 13.0 Å². The number of rotatable bonds is 3. The lowest BCUT2D eigenvalue weighted by Gasteiger charge is -2.09. The predicted molar refractivity (Wildman–Crippen MR) is 99.7 cm³/mol. The second-order valence-corrected chi connectivity index (χ2v) is 6.68. The second kappa shape index (κ2) is 6.61. The summed E-state index contributed by atoms with van der Waals surface area (Å²) in [7, 11) is 0. The number of aryl methyl sites for hydroxylation is 1. The largest absolute Gasteiger partial charge is 0.320 e. The highest BCUT2D eigenvalue weighted by atomic mass is 32.1. The van der Waals surface area contributed by atoms with Crippen molar-refractivity contribution in [1.29, 1.82) is 0 Å². The maximum Gasteiger partial charge on any atom is 0.276 e. The summed E-state index contributed by atoms with van der Waals surface area (Å²) in [6.45, 7) is 1.79. The Morgan fingerprint density at radius 2 is 1.92 bits per heavy atom. The van der Waals surface area contributed by atoms with Crippen molar-refractivity contribution >= 4 is 33.1 Å². The van der Waals surface area contributed by atoms with Crippen LogP contribution in [0.1, 0.15) is 16.1 Å². The number of thiazole rings is 1. The first kappa shape index (κ1) is 16.3. The van der Waals surface area contributed by atoms with Crippen LogP contribution in [0, 0.1) is 12.7 Å². The molecule has 4 rings (SSSR count). The monoisotopic (exact) mass is 364 g/mol. The van der Waals surface area contributed by atoms with E-state index in [-0.39, 0.29) is 5.69 Å². The number of carbonyl (C=O) groups excluding carboxylic acids is 1. The van der Waals surface area contributed by atoms with Crippen molar-refractivity contribution in [1.82, 2.24) is 15.0 Å². The minimum absolute atomic E-state index is 0.148. The highest BCUT2D eigenvalue weighted by Crippen LogP contribution is 2.30. The lowest BCUT2D eigenvalue weighted by molar-refractivity contribution is 0.102. The van der Waals surface area contributed by atoms with Crippen LogP contribution < -0.4 is 5.32 Å². The quantitative estimate of drug-likeness (QED) is 0.583. The lowest BCUT2D eigenvalue weighted by Crippen LogP contribution is -2.16. The van der Waals surface area contributed by atoms with Crippen LogP contribution >= 0.6 is 11.3 Å². The van der Waals surface area contributed by atoms with E-state index in [0.29, 0.717) is 16.4 Å². The predicted octanol–water partition coefficient (Wildman–Crippen LogP) is 4.45. The number of hydrogen-bond donors (Lipinski definition) is 1. The minimum atomic E-state index is -0.457. The SMILES string of the molecule is Cc1ccc(F)cc1NC(=O)c1nccnc1-c1nc2ccccc2s1. The summed E-state index contributed by atoms with van der Waals surface area (Å²) in [5.74, 6) is -0.877. The first-order chi connectivity index (χ1) is 12.6. The third-order valence-corrected chi connectivity index (χ3v) is 4.90. The van der Waals surface area contributed by atoms with Crippen molar-refractivity contribution in [2.45, 2.75) is 6.92 Å². The van der Waals surface area contributed by atoms with Gasteiger partial charge in [0.25, 0.3) is 5.91 Å². The van der Waals surface area contributed by atoms with Crippen molar-refractivity contribution in [3.8, 4) is 10.7 Å². The molecule has 0 radical (unpaired) electrons. The number of para-hydroxylation sites is 1. The van der Waals surface area contributed by atoms with E-state index in [2.05, 4.69) is 20.3 Å². The van der Waals surface area contributed by atoms with E-state index in [9.17, 15) is 9.18 Å². The number of fused-ring (bicyclic) bond motifs is 1. The molecular formula is C19H13FN4OS. The number of hydrogen-bond acceptors (Lipinski definition) is 5. The number of aromatic nitrogens is 3. The molecule has 2 aromatic heterocycles. The Morgan fingerprint density at radius 3 is 2.77 bits per heavy atom. The van der Waals surface area contributed by atoms with Crippen LogP contribution in [0.15, 0.2) is 54.9 Å². The molecule has 0 aliphatic heterocycles. The van der Waals surface area contributed by atoms with Crippen molar-refractivity contribution in [3.05, 3.63) is 71.9 Å². The number of nitrogens with zero attached hydrogens (tertiary/aromatic N) is 3. The van der Waals surface area contributed by atoms with Crippen molar-refractivity contribution < 1.29 is 9.18 Å². The number of halogens is 1. The van der Waals surface area contributed by atoms with E-state index in [4.69, 9.17) is 0 Å². The van der Waals surface area contributed by atoms with Gasteiger partial charge in [0, 0.05) is 18.1 Å². The molecule has 0 fully saturated rings. The standard InChI is InChI=1S/C19H13FN4OS/c1-11-6-7-12(20)10-14(11)23-18(25)16-17(22-9-8-21-16)19-24-13-4-2-3-5-15(13)26-19/h2-10H,1H3,(H,23,25). The van der Waals surface area contributed by atoms with Gasteiger partial charge >= 0.3 is 0 Å². The fourth-order valence-electron chi connectivity index (χ4n) is 2.54. The highest BCUT2D eigenvalue weighted by molar-refractivity contribution is 7.21. The van der Waals surface area contributed by atoms with Crippen LogP contribution in [-0.4, -0.2) is 20.9 Å². The Hall–Kier alpha value is -3.19. The topological polar surface area (TPSA) is 67.8 Å². The van der Waals surface area contributed by atoms with Gasteiger partial charge in [-0.25, -0.2) is 19.3 Å². The van der Waals surface area contributed by atoms with Gasteiger partial charge in [-0.3, -0.25) is 4.79 Å². The maximum absolute atomic E-state index is 13.5. The van der Waals surface area contributed by atoms with Crippen LogP contribution in [0.25, 0.3) is 20.9 Å². The first-order valence-electron chi connectivity index (χ1n) is 7.86.